The first-order chi connectivity index (χ1) is 12.0. The fraction of sp³-hybridized carbons (Fsp3) is 0.368. The molecule has 0 unspecified atom stereocenters. The van der Waals surface area contributed by atoms with Gasteiger partial charge in [-0.2, -0.15) is 0 Å². The molecule has 2 aromatic rings. The minimum atomic E-state index is -0.562. The Morgan fingerprint density at radius 3 is 2.76 bits per heavy atom. The molecule has 3 rings (SSSR count). The van der Waals surface area contributed by atoms with Crippen molar-refractivity contribution in [3.63, 3.8) is 0 Å². The van der Waals surface area contributed by atoms with Gasteiger partial charge < -0.3 is 15.3 Å². The highest BCUT2D eigenvalue weighted by atomic mass is 32.1. The first-order valence-corrected chi connectivity index (χ1v) is 9.22. The Morgan fingerprint density at radius 2 is 2.12 bits per heavy atom. The number of hydrogen-bond donors (Lipinski definition) is 2. The summed E-state index contributed by atoms with van der Waals surface area (Å²) >= 11 is 1.67. The number of amides is 2. The van der Waals surface area contributed by atoms with Crippen LogP contribution in [-0.4, -0.2) is 41.0 Å². The molecule has 0 bridgehead atoms. The van der Waals surface area contributed by atoms with Crippen LogP contribution in [0.2, 0.25) is 0 Å². The summed E-state index contributed by atoms with van der Waals surface area (Å²) in [6.45, 7) is 4.43. The first-order valence-electron chi connectivity index (χ1n) is 8.34. The van der Waals surface area contributed by atoms with Crippen molar-refractivity contribution in [1.82, 2.24) is 4.90 Å². The maximum atomic E-state index is 12.7. The lowest BCUT2D eigenvalue weighted by Crippen LogP contribution is -2.45. The van der Waals surface area contributed by atoms with Gasteiger partial charge in [-0.25, -0.2) is 0 Å². The van der Waals surface area contributed by atoms with Crippen molar-refractivity contribution in [1.29, 1.82) is 0 Å². The van der Waals surface area contributed by atoms with Gasteiger partial charge in [-0.1, -0.05) is 6.07 Å². The van der Waals surface area contributed by atoms with Crippen molar-refractivity contribution in [2.45, 2.75) is 32.3 Å². The molecule has 0 aliphatic carbocycles. The number of anilines is 1. The average Bonchev–Trinajstić information content (AvgIpc) is 2.99. The van der Waals surface area contributed by atoms with Crippen LogP contribution in [0.3, 0.4) is 0 Å². The van der Waals surface area contributed by atoms with E-state index in [0.29, 0.717) is 24.3 Å². The number of carbonyl (C=O) groups excluding carboxylic acids is 2. The minimum absolute atomic E-state index is 0.0924. The predicted octanol–water partition coefficient (Wildman–Crippen LogP) is 3.01. The van der Waals surface area contributed by atoms with Crippen molar-refractivity contribution >= 4 is 28.8 Å². The number of carbonyl (C=O) groups is 2. The van der Waals surface area contributed by atoms with E-state index in [1.807, 2.05) is 5.38 Å². The van der Waals surface area contributed by atoms with E-state index in [1.54, 1.807) is 40.5 Å². The molecule has 1 aliphatic rings. The standard InChI is InChI=1S/C19H22N2O3S/c1-12-7-9-25-18(12)16-6-8-21(11-17(16)23)19(24)14-4-3-5-15(10-14)20-13(2)22/h3-5,7,9-10,16-17,23H,6,8,11H2,1-2H3,(H,20,22)/t16-,17-/m0/s1. The normalized spacial score (nSPS) is 20.4. The molecule has 6 heteroatoms. The highest BCUT2D eigenvalue weighted by Crippen LogP contribution is 2.34. The summed E-state index contributed by atoms with van der Waals surface area (Å²) in [7, 11) is 0. The number of piperidine rings is 1. The van der Waals surface area contributed by atoms with Crippen LogP contribution in [0.1, 0.15) is 40.1 Å². The number of β-amino-alcohol motifs (C(OH)–C–C–N with tert-alkyl or cyclic N) is 1. The second-order valence-electron chi connectivity index (χ2n) is 6.44. The number of nitrogens with zero attached hydrogens (tertiary/aromatic N) is 1. The van der Waals surface area contributed by atoms with Gasteiger partial charge >= 0.3 is 0 Å². The number of aryl methyl sites for hydroxylation is 1. The number of nitrogens with one attached hydrogen (secondary N) is 1. The summed E-state index contributed by atoms with van der Waals surface area (Å²) in [5.74, 6) is -0.200. The van der Waals surface area contributed by atoms with Crippen LogP contribution in [0, 0.1) is 6.92 Å². The van der Waals surface area contributed by atoms with Gasteiger partial charge in [0.15, 0.2) is 0 Å². The molecule has 2 atom stereocenters. The van der Waals surface area contributed by atoms with E-state index >= 15 is 0 Å². The quantitative estimate of drug-likeness (QED) is 0.886. The zero-order valence-electron chi connectivity index (χ0n) is 14.4. The topological polar surface area (TPSA) is 69.6 Å². The third-order valence-electron chi connectivity index (χ3n) is 4.54. The third kappa shape index (κ3) is 3.91. The summed E-state index contributed by atoms with van der Waals surface area (Å²) in [4.78, 5) is 26.8. The van der Waals surface area contributed by atoms with E-state index in [9.17, 15) is 14.7 Å². The Kier molecular flexibility index (Phi) is 5.20. The second kappa shape index (κ2) is 7.37. The largest absolute Gasteiger partial charge is 0.391 e. The van der Waals surface area contributed by atoms with Crippen LogP contribution in [0.5, 0.6) is 0 Å². The lowest BCUT2D eigenvalue weighted by Gasteiger charge is -2.36. The smallest absolute Gasteiger partial charge is 0.254 e. The fourth-order valence-electron chi connectivity index (χ4n) is 3.30. The molecular formula is C19H22N2O3S. The number of aliphatic hydroxyl groups is 1. The van der Waals surface area contributed by atoms with Crippen LogP contribution in [0.15, 0.2) is 35.7 Å². The number of aliphatic hydroxyl groups excluding tert-OH is 1. The lowest BCUT2D eigenvalue weighted by atomic mass is 9.90. The Hall–Kier alpha value is -2.18. The Morgan fingerprint density at radius 1 is 1.32 bits per heavy atom. The maximum Gasteiger partial charge on any atom is 0.254 e. The van der Waals surface area contributed by atoms with Gasteiger partial charge in [-0.05, 0) is 48.6 Å². The molecule has 25 heavy (non-hydrogen) atoms. The second-order valence-corrected chi connectivity index (χ2v) is 7.39. The Balaban J connectivity index is 1.70. The number of hydrogen-bond acceptors (Lipinski definition) is 4. The predicted molar refractivity (Wildman–Crippen MR) is 99.1 cm³/mol. The van der Waals surface area contributed by atoms with Crippen molar-refractivity contribution in [3.8, 4) is 0 Å². The molecule has 1 saturated heterocycles. The molecule has 132 valence electrons. The van der Waals surface area contributed by atoms with Crippen molar-refractivity contribution in [3.05, 3.63) is 51.7 Å². The molecule has 0 saturated carbocycles. The van der Waals surface area contributed by atoms with Crippen molar-refractivity contribution in [2.75, 3.05) is 18.4 Å². The summed E-state index contributed by atoms with van der Waals surface area (Å²) in [6.07, 6.45) is 0.188. The number of rotatable bonds is 3. The zero-order chi connectivity index (χ0) is 18.0. The van der Waals surface area contributed by atoms with Crippen LogP contribution in [0.25, 0.3) is 0 Å². The molecule has 1 aliphatic heterocycles. The molecule has 1 fully saturated rings. The third-order valence-corrected chi connectivity index (χ3v) is 5.69. The molecule has 0 spiro atoms. The average molecular weight is 358 g/mol. The molecule has 2 heterocycles. The van der Waals surface area contributed by atoms with Crippen molar-refractivity contribution < 1.29 is 14.7 Å². The first kappa shape index (κ1) is 17.6. The Labute approximate surface area is 151 Å². The molecule has 5 nitrogen and oxygen atoms in total. The summed E-state index contributed by atoms with van der Waals surface area (Å²) in [6, 6.07) is 8.97. The van der Waals surface area contributed by atoms with E-state index in [1.165, 1.54) is 17.4 Å². The zero-order valence-corrected chi connectivity index (χ0v) is 15.2. The van der Waals surface area contributed by atoms with E-state index < -0.39 is 6.10 Å². The molecule has 2 N–H and O–H groups in total. The van der Waals surface area contributed by atoms with Crippen LogP contribution >= 0.6 is 11.3 Å². The van der Waals surface area contributed by atoms with Crippen LogP contribution in [-0.2, 0) is 4.79 Å². The van der Waals surface area contributed by atoms with E-state index in [2.05, 4.69) is 18.3 Å². The summed E-state index contributed by atoms with van der Waals surface area (Å²) in [5.41, 5.74) is 2.32. The maximum absolute atomic E-state index is 12.7. The summed E-state index contributed by atoms with van der Waals surface area (Å²) < 4.78 is 0. The van der Waals surface area contributed by atoms with Gasteiger partial charge in [0.2, 0.25) is 5.91 Å². The molecule has 0 radical (unpaired) electrons. The van der Waals surface area contributed by atoms with Crippen LogP contribution < -0.4 is 5.32 Å². The molecular weight excluding hydrogens is 336 g/mol. The number of benzene rings is 1. The Bertz CT molecular complexity index is 786. The van der Waals surface area contributed by atoms with E-state index in [-0.39, 0.29) is 17.7 Å². The van der Waals surface area contributed by atoms with Gasteiger partial charge in [-0.15, -0.1) is 11.3 Å². The van der Waals surface area contributed by atoms with Gasteiger partial charge in [-0.3, -0.25) is 9.59 Å². The lowest BCUT2D eigenvalue weighted by molar-refractivity contribution is -0.114. The van der Waals surface area contributed by atoms with Gasteiger partial charge in [0, 0.05) is 42.1 Å². The van der Waals surface area contributed by atoms with Gasteiger partial charge in [0.05, 0.1) is 6.10 Å². The molecule has 2 amide bonds. The number of thiophene rings is 1. The highest BCUT2D eigenvalue weighted by molar-refractivity contribution is 7.10. The SMILES string of the molecule is CC(=O)Nc1cccc(C(=O)N2CC[C@H](c3sccc3C)[C@@H](O)C2)c1. The molecule has 1 aromatic heterocycles. The monoisotopic (exact) mass is 358 g/mol. The van der Waals surface area contributed by atoms with Crippen LogP contribution in [0.4, 0.5) is 5.69 Å². The minimum Gasteiger partial charge on any atom is -0.391 e. The van der Waals surface area contributed by atoms with E-state index in [0.717, 1.165) is 6.42 Å². The van der Waals surface area contributed by atoms with Gasteiger partial charge in [0.25, 0.3) is 5.91 Å². The summed E-state index contributed by atoms with van der Waals surface area (Å²) in [5, 5.41) is 15.3. The van der Waals surface area contributed by atoms with Crippen molar-refractivity contribution in [2.24, 2.45) is 0 Å². The van der Waals surface area contributed by atoms with E-state index in [4.69, 9.17) is 0 Å². The number of likely N-dealkylation sites (tertiary alicyclic amines) is 1. The highest BCUT2D eigenvalue weighted by Gasteiger charge is 2.32. The van der Waals surface area contributed by atoms with Gasteiger partial charge in [0.1, 0.15) is 0 Å². The molecule has 1 aromatic carbocycles. The fourth-order valence-corrected chi connectivity index (χ4v) is 4.42.